The first-order valence-corrected chi connectivity index (χ1v) is 5.14. The monoisotopic (exact) mass is 230 g/mol. The number of alkyl halides is 2. The first-order valence-electron chi connectivity index (χ1n) is 5.14. The Morgan fingerprint density at radius 1 is 1.44 bits per heavy atom. The number of primary amides is 1. The first kappa shape index (κ1) is 11.0. The van der Waals surface area contributed by atoms with Gasteiger partial charge >= 0.3 is 0 Å². The lowest BCUT2D eigenvalue weighted by Gasteiger charge is -2.12. The summed E-state index contributed by atoms with van der Waals surface area (Å²) in [6.45, 7) is 0. The van der Waals surface area contributed by atoms with Gasteiger partial charge in [-0.3, -0.25) is 4.79 Å². The van der Waals surface area contributed by atoms with Gasteiger partial charge in [-0.1, -0.05) is 18.1 Å². The molecule has 2 N–H and O–H groups in total. The molecule has 0 aliphatic heterocycles. The smallest absolute Gasteiger partial charge is 0.282 e. The summed E-state index contributed by atoms with van der Waals surface area (Å²) in [4.78, 5) is 10.9. The van der Waals surface area contributed by atoms with Crippen LogP contribution in [0.3, 0.4) is 0 Å². The van der Waals surface area contributed by atoms with Crippen molar-refractivity contribution >= 4 is 5.91 Å². The van der Waals surface area contributed by atoms with Crippen LogP contribution in [0.25, 0.3) is 0 Å². The molecular formula is C9H12F2N4O. The standard InChI is InChI=1S/C9H12F2N4O/c10-8(11)7-6(9(12)16)13-14-15(7)5-3-1-2-4-5/h5,8H,1-4H2,(H2,12,16). The fourth-order valence-corrected chi connectivity index (χ4v) is 2.10. The van der Waals surface area contributed by atoms with E-state index in [4.69, 9.17) is 5.73 Å². The molecule has 0 saturated heterocycles. The zero-order chi connectivity index (χ0) is 11.7. The van der Waals surface area contributed by atoms with Gasteiger partial charge in [0.25, 0.3) is 12.3 Å². The molecule has 1 aliphatic carbocycles. The molecule has 0 bridgehead atoms. The third kappa shape index (κ3) is 1.77. The molecule has 2 rings (SSSR count). The summed E-state index contributed by atoms with van der Waals surface area (Å²) < 4.78 is 26.8. The number of hydrogen-bond donors (Lipinski definition) is 1. The Kier molecular flexibility index (Phi) is 2.84. The van der Waals surface area contributed by atoms with Gasteiger partial charge in [0.1, 0.15) is 5.69 Å². The van der Waals surface area contributed by atoms with Crippen LogP contribution in [-0.4, -0.2) is 20.9 Å². The van der Waals surface area contributed by atoms with Crippen LogP contribution in [0.2, 0.25) is 0 Å². The Balaban J connectivity index is 2.40. The molecule has 16 heavy (non-hydrogen) atoms. The molecule has 0 spiro atoms. The van der Waals surface area contributed by atoms with Gasteiger partial charge in [0.05, 0.1) is 6.04 Å². The topological polar surface area (TPSA) is 73.8 Å². The van der Waals surface area contributed by atoms with Gasteiger partial charge in [-0.2, -0.15) is 0 Å². The number of nitrogens with two attached hydrogens (primary N) is 1. The fourth-order valence-electron chi connectivity index (χ4n) is 2.10. The van der Waals surface area contributed by atoms with E-state index in [0.717, 1.165) is 30.4 Å². The first-order chi connectivity index (χ1) is 7.61. The highest BCUT2D eigenvalue weighted by molar-refractivity contribution is 5.91. The molecule has 0 radical (unpaired) electrons. The molecule has 0 atom stereocenters. The second-order valence-corrected chi connectivity index (χ2v) is 3.87. The van der Waals surface area contributed by atoms with E-state index in [0.29, 0.717) is 0 Å². The van der Waals surface area contributed by atoms with E-state index in [2.05, 4.69) is 10.3 Å². The molecule has 5 nitrogen and oxygen atoms in total. The summed E-state index contributed by atoms with van der Waals surface area (Å²) in [5, 5.41) is 7.07. The molecule has 1 heterocycles. The van der Waals surface area contributed by atoms with Crippen molar-refractivity contribution in [2.45, 2.75) is 38.2 Å². The maximum absolute atomic E-state index is 12.8. The lowest BCUT2D eigenvalue weighted by atomic mass is 10.2. The van der Waals surface area contributed by atoms with Crippen LogP contribution in [0.1, 0.15) is 54.3 Å². The predicted octanol–water partition coefficient (Wildman–Crippen LogP) is 1.43. The van der Waals surface area contributed by atoms with Crippen LogP contribution in [-0.2, 0) is 0 Å². The molecule has 1 amide bonds. The minimum absolute atomic E-state index is 0.0791. The van der Waals surface area contributed by atoms with Crippen LogP contribution in [0.5, 0.6) is 0 Å². The van der Waals surface area contributed by atoms with Crippen molar-refractivity contribution in [1.29, 1.82) is 0 Å². The average Bonchev–Trinajstić information content (AvgIpc) is 2.85. The molecule has 1 saturated carbocycles. The largest absolute Gasteiger partial charge is 0.364 e. The van der Waals surface area contributed by atoms with Gasteiger partial charge in [0.2, 0.25) is 0 Å². The van der Waals surface area contributed by atoms with Crippen molar-refractivity contribution in [2.75, 3.05) is 0 Å². The van der Waals surface area contributed by atoms with Crippen molar-refractivity contribution in [1.82, 2.24) is 15.0 Å². The molecule has 1 aromatic heterocycles. The van der Waals surface area contributed by atoms with Gasteiger partial charge in [0, 0.05) is 0 Å². The molecule has 1 fully saturated rings. The van der Waals surface area contributed by atoms with E-state index >= 15 is 0 Å². The number of halogens is 2. The minimum Gasteiger partial charge on any atom is -0.364 e. The quantitative estimate of drug-likeness (QED) is 0.853. The number of carbonyl (C=O) groups excluding carboxylic acids is 1. The van der Waals surface area contributed by atoms with E-state index in [1.807, 2.05) is 0 Å². The molecule has 1 aliphatic rings. The van der Waals surface area contributed by atoms with E-state index in [1.54, 1.807) is 0 Å². The van der Waals surface area contributed by atoms with Gasteiger partial charge in [0.15, 0.2) is 5.69 Å². The number of carbonyl (C=O) groups is 1. The van der Waals surface area contributed by atoms with Crippen LogP contribution in [0, 0.1) is 0 Å². The minimum atomic E-state index is -2.78. The molecular weight excluding hydrogens is 218 g/mol. The maximum Gasteiger partial charge on any atom is 0.282 e. The van der Waals surface area contributed by atoms with Crippen molar-refractivity contribution in [3.8, 4) is 0 Å². The molecule has 0 unspecified atom stereocenters. The van der Waals surface area contributed by atoms with E-state index in [1.165, 1.54) is 0 Å². The Hall–Kier alpha value is -1.53. The number of aromatic nitrogens is 3. The second-order valence-electron chi connectivity index (χ2n) is 3.87. The highest BCUT2D eigenvalue weighted by Gasteiger charge is 2.29. The number of nitrogens with zero attached hydrogens (tertiary/aromatic N) is 3. The van der Waals surface area contributed by atoms with Crippen molar-refractivity contribution in [2.24, 2.45) is 5.73 Å². The third-order valence-corrected chi connectivity index (χ3v) is 2.84. The normalized spacial score (nSPS) is 17.2. The number of hydrogen-bond acceptors (Lipinski definition) is 3. The number of amides is 1. The van der Waals surface area contributed by atoms with Crippen molar-refractivity contribution in [3.05, 3.63) is 11.4 Å². The van der Waals surface area contributed by atoms with Crippen LogP contribution in [0.15, 0.2) is 0 Å². The Morgan fingerprint density at radius 2 is 2.06 bits per heavy atom. The number of rotatable bonds is 3. The maximum atomic E-state index is 12.8. The summed E-state index contributed by atoms with van der Waals surface area (Å²) in [7, 11) is 0. The third-order valence-electron chi connectivity index (χ3n) is 2.84. The van der Waals surface area contributed by atoms with Gasteiger partial charge < -0.3 is 5.73 Å². The Morgan fingerprint density at radius 3 is 2.56 bits per heavy atom. The van der Waals surface area contributed by atoms with Crippen LogP contribution >= 0.6 is 0 Å². The summed E-state index contributed by atoms with van der Waals surface area (Å²) in [5.74, 6) is -0.959. The van der Waals surface area contributed by atoms with Gasteiger partial charge in [-0.15, -0.1) is 5.10 Å². The molecule has 88 valence electrons. The molecule has 0 aromatic carbocycles. The Bertz CT molecular complexity index is 398. The highest BCUT2D eigenvalue weighted by atomic mass is 19.3. The summed E-state index contributed by atoms with van der Waals surface area (Å²) >= 11 is 0. The van der Waals surface area contributed by atoms with Gasteiger partial charge in [-0.05, 0) is 12.8 Å². The summed E-state index contributed by atoms with van der Waals surface area (Å²) in [5.41, 5.74) is 4.12. The lowest BCUT2D eigenvalue weighted by Crippen LogP contribution is -2.17. The average molecular weight is 230 g/mol. The zero-order valence-corrected chi connectivity index (χ0v) is 8.57. The van der Waals surface area contributed by atoms with Crippen LogP contribution in [0.4, 0.5) is 8.78 Å². The summed E-state index contributed by atoms with van der Waals surface area (Å²) in [6.07, 6.45) is 0.777. The van der Waals surface area contributed by atoms with E-state index in [9.17, 15) is 13.6 Å². The fraction of sp³-hybridized carbons (Fsp3) is 0.667. The molecule has 1 aromatic rings. The molecule has 7 heteroatoms. The van der Waals surface area contributed by atoms with Gasteiger partial charge in [-0.25, -0.2) is 13.5 Å². The van der Waals surface area contributed by atoms with E-state index in [-0.39, 0.29) is 6.04 Å². The van der Waals surface area contributed by atoms with Crippen molar-refractivity contribution < 1.29 is 13.6 Å². The zero-order valence-electron chi connectivity index (χ0n) is 8.57. The second kappa shape index (κ2) is 4.15. The Labute approximate surface area is 90.6 Å². The SMILES string of the molecule is NC(=O)c1nnn(C2CCCC2)c1C(F)F. The summed E-state index contributed by atoms with van der Waals surface area (Å²) in [6, 6.07) is -0.0791. The van der Waals surface area contributed by atoms with Crippen LogP contribution < -0.4 is 5.73 Å². The highest BCUT2D eigenvalue weighted by Crippen LogP contribution is 2.33. The lowest BCUT2D eigenvalue weighted by molar-refractivity contribution is 0.0975. The predicted molar refractivity (Wildman–Crippen MR) is 51.0 cm³/mol. The van der Waals surface area contributed by atoms with E-state index < -0.39 is 23.7 Å². The van der Waals surface area contributed by atoms with Crippen molar-refractivity contribution in [3.63, 3.8) is 0 Å².